The van der Waals surface area contributed by atoms with Crippen molar-refractivity contribution in [2.24, 2.45) is 17.1 Å². The molecule has 3 nitrogen and oxygen atoms in total. The molecular formula is C17H35N3. The second-order valence-corrected chi connectivity index (χ2v) is 8.25. The van der Waals surface area contributed by atoms with Gasteiger partial charge in [0.25, 0.3) is 0 Å². The van der Waals surface area contributed by atoms with E-state index in [0.717, 1.165) is 6.54 Å². The van der Waals surface area contributed by atoms with Crippen molar-refractivity contribution in [3.8, 4) is 0 Å². The van der Waals surface area contributed by atoms with Crippen LogP contribution in [0.15, 0.2) is 0 Å². The Hall–Kier alpha value is -0.120. The highest BCUT2D eigenvalue weighted by atomic mass is 15.3. The van der Waals surface area contributed by atoms with Crippen LogP contribution in [0.3, 0.4) is 0 Å². The number of rotatable bonds is 3. The highest BCUT2D eigenvalue weighted by Gasteiger charge is 2.47. The zero-order valence-corrected chi connectivity index (χ0v) is 14.3. The molecule has 3 atom stereocenters. The third-order valence-electron chi connectivity index (χ3n) is 6.21. The maximum atomic E-state index is 6.30. The van der Waals surface area contributed by atoms with Gasteiger partial charge in [-0.25, -0.2) is 0 Å². The van der Waals surface area contributed by atoms with Crippen LogP contribution >= 0.6 is 0 Å². The predicted octanol–water partition coefficient (Wildman–Crippen LogP) is 2.56. The lowest BCUT2D eigenvalue weighted by Gasteiger charge is -2.55. The molecule has 1 heterocycles. The van der Waals surface area contributed by atoms with E-state index in [1.807, 2.05) is 0 Å². The van der Waals surface area contributed by atoms with Crippen LogP contribution in [0, 0.1) is 11.3 Å². The standard InChI is InChI=1S/C17H35N3/c1-14-11-16(2,3)8-9-17(14,13-18)20(5)15-7-6-10-19(4)12-15/h14-15H,6-13,18H2,1-5H3. The average molecular weight is 281 g/mol. The number of nitrogens with zero attached hydrogens (tertiary/aromatic N) is 2. The number of likely N-dealkylation sites (N-methyl/N-ethyl adjacent to an activating group) is 2. The van der Waals surface area contributed by atoms with Crippen molar-refractivity contribution >= 4 is 0 Å². The molecule has 3 unspecified atom stereocenters. The molecular weight excluding hydrogens is 246 g/mol. The lowest BCUT2D eigenvalue weighted by Crippen LogP contribution is -2.64. The molecule has 1 saturated heterocycles. The van der Waals surface area contributed by atoms with E-state index in [1.165, 1.54) is 45.2 Å². The van der Waals surface area contributed by atoms with Crippen molar-refractivity contribution < 1.29 is 0 Å². The van der Waals surface area contributed by atoms with Crippen molar-refractivity contribution in [1.82, 2.24) is 9.80 Å². The largest absolute Gasteiger partial charge is 0.329 e. The molecule has 118 valence electrons. The highest BCUT2D eigenvalue weighted by molar-refractivity contribution is 5.03. The molecule has 1 aliphatic carbocycles. The van der Waals surface area contributed by atoms with E-state index < -0.39 is 0 Å². The van der Waals surface area contributed by atoms with Crippen LogP contribution in [0.1, 0.15) is 52.9 Å². The lowest BCUT2D eigenvalue weighted by molar-refractivity contribution is -0.0441. The SMILES string of the molecule is CC1CC(C)(C)CCC1(CN)N(C)C1CCCN(C)C1. The van der Waals surface area contributed by atoms with E-state index >= 15 is 0 Å². The summed E-state index contributed by atoms with van der Waals surface area (Å²) in [6.07, 6.45) is 6.53. The fourth-order valence-corrected chi connectivity index (χ4v) is 4.71. The second kappa shape index (κ2) is 5.94. The van der Waals surface area contributed by atoms with Crippen molar-refractivity contribution in [2.45, 2.75) is 64.5 Å². The number of nitrogens with two attached hydrogens (primary N) is 1. The van der Waals surface area contributed by atoms with Gasteiger partial charge in [-0.3, -0.25) is 4.90 Å². The zero-order valence-electron chi connectivity index (χ0n) is 14.3. The Morgan fingerprint density at radius 3 is 2.55 bits per heavy atom. The average Bonchev–Trinajstić information content (AvgIpc) is 2.38. The van der Waals surface area contributed by atoms with Gasteiger partial charge in [0.2, 0.25) is 0 Å². The first-order chi connectivity index (χ1) is 9.31. The molecule has 2 aliphatic rings. The van der Waals surface area contributed by atoms with Crippen LogP contribution in [0.4, 0.5) is 0 Å². The first kappa shape index (κ1) is 16.3. The van der Waals surface area contributed by atoms with E-state index in [1.54, 1.807) is 0 Å². The van der Waals surface area contributed by atoms with Gasteiger partial charge in [0.15, 0.2) is 0 Å². The minimum atomic E-state index is 0.221. The van der Waals surface area contributed by atoms with Crippen LogP contribution in [-0.4, -0.2) is 55.1 Å². The van der Waals surface area contributed by atoms with Crippen LogP contribution < -0.4 is 5.73 Å². The topological polar surface area (TPSA) is 32.5 Å². The van der Waals surface area contributed by atoms with Gasteiger partial charge in [0, 0.05) is 24.7 Å². The van der Waals surface area contributed by atoms with E-state index in [0.29, 0.717) is 17.4 Å². The minimum Gasteiger partial charge on any atom is -0.329 e. The number of piperidine rings is 1. The summed E-state index contributed by atoms with van der Waals surface area (Å²) in [5.74, 6) is 0.688. The molecule has 2 fully saturated rings. The molecule has 0 amide bonds. The molecule has 20 heavy (non-hydrogen) atoms. The third kappa shape index (κ3) is 3.05. The predicted molar refractivity (Wildman–Crippen MR) is 86.9 cm³/mol. The van der Waals surface area contributed by atoms with Crippen molar-refractivity contribution in [3.63, 3.8) is 0 Å². The molecule has 1 saturated carbocycles. The highest BCUT2D eigenvalue weighted by Crippen LogP contribution is 2.46. The van der Waals surface area contributed by atoms with Gasteiger partial charge in [0.1, 0.15) is 0 Å². The van der Waals surface area contributed by atoms with Crippen LogP contribution in [0.5, 0.6) is 0 Å². The maximum absolute atomic E-state index is 6.30. The normalized spacial score (nSPS) is 39.1. The Morgan fingerprint density at radius 1 is 1.30 bits per heavy atom. The Bertz CT molecular complexity index is 328. The maximum Gasteiger partial charge on any atom is 0.0358 e. The summed E-state index contributed by atoms with van der Waals surface area (Å²) in [5, 5.41) is 0. The van der Waals surface area contributed by atoms with Gasteiger partial charge in [-0.2, -0.15) is 0 Å². The van der Waals surface area contributed by atoms with Gasteiger partial charge in [-0.15, -0.1) is 0 Å². The van der Waals surface area contributed by atoms with E-state index in [2.05, 4.69) is 44.7 Å². The molecule has 0 aromatic heterocycles. The smallest absolute Gasteiger partial charge is 0.0358 e. The van der Waals surface area contributed by atoms with Crippen molar-refractivity contribution in [1.29, 1.82) is 0 Å². The number of likely N-dealkylation sites (tertiary alicyclic amines) is 1. The van der Waals surface area contributed by atoms with Crippen LogP contribution in [0.25, 0.3) is 0 Å². The van der Waals surface area contributed by atoms with E-state index in [9.17, 15) is 0 Å². The van der Waals surface area contributed by atoms with Gasteiger partial charge in [-0.05, 0) is 64.1 Å². The third-order valence-corrected chi connectivity index (χ3v) is 6.21. The molecule has 0 radical (unpaired) electrons. The minimum absolute atomic E-state index is 0.221. The summed E-state index contributed by atoms with van der Waals surface area (Å²) < 4.78 is 0. The molecule has 0 aromatic carbocycles. The molecule has 0 bridgehead atoms. The Morgan fingerprint density at radius 2 is 2.00 bits per heavy atom. The first-order valence-corrected chi connectivity index (χ1v) is 8.42. The quantitative estimate of drug-likeness (QED) is 0.863. The van der Waals surface area contributed by atoms with Crippen molar-refractivity contribution in [3.05, 3.63) is 0 Å². The monoisotopic (exact) mass is 281 g/mol. The Kier molecular flexibility index (Phi) is 4.83. The fourth-order valence-electron chi connectivity index (χ4n) is 4.71. The molecule has 0 aromatic rings. The summed E-state index contributed by atoms with van der Waals surface area (Å²) in [6.45, 7) is 10.5. The van der Waals surface area contributed by atoms with Crippen molar-refractivity contribution in [2.75, 3.05) is 33.7 Å². The van der Waals surface area contributed by atoms with Gasteiger partial charge in [0.05, 0.1) is 0 Å². The number of hydrogen-bond donors (Lipinski definition) is 1. The summed E-state index contributed by atoms with van der Waals surface area (Å²) in [6, 6.07) is 0.681. The summed E-state index contributed by atoms with van der Waals surface area (Å²) in [5.41, 5.74) is 7.01. The second-order valence-electron chi connectivity index (χ2n) is 8.25. The fraction of sp³-hybridized carbons (Fsp3) is 1.00. The summed E-state index contributed by atoms with van der Waals surface area (Å²) >= 11 is 0. The molecule has 2 rings (SSSR count). The van der Waals surface area contributed by atoms with Gasteiger partial charge in [-0.1, -0.05) is 20.8 Å². The lowest BCUT2D eigenvalue weighted by atomic mass is 9.63. The Balaban J connectivity index is 2.13. The summed E-state index contributed by atoms with van der Waals surface area (Å²) in [7, 11) is 4.59. The molecule has 1 aliphatic heterocycles. The van der Waals surface area contributed by atoms with Crippen LogP contribution in [-0.2, 0) is 0 Å². The van der Waals surface area contributed by atoms with Gasteiger partial charge >= 0.3 is 0 Å². The number of hydrogen-bond acceptors (Lipinski definition) is 3. The van der Waals surface area contributed by atoms with E-state index in [-0.39, 0.29) is 5.54 Å². The van der Waals surface area contributed by atoms with Crippen LogP contribution in [0.2, 0.25) is 0 Å². The van der Waals surface area contributed by atoms with Gasteiger partial charge < -0.3 is 10.6 Å². The molecule has 3 heteroatoms. The zero-order chi connectivity index (χ0) is 15.0. The van der Waals surface area contributed by atoms with E-state index in [4.69, 9.17) is 5.73 Å². The molecule has 0 spiro atoms. The summed E-state index contributed by atoms with van der Waals surface area (Å²) in [4.78, 5) is 5.15. The first-order valence-electron chi connectivity index (χ1n) is 8.42. The molecule has 2 N–H and O–H groups in total. The Labute approximate surface area is 125 Å².